The Morgan fingerprint density at radius 1 is 0.943 bits per heavy atom. The van der Waals surface area contributed by atoms with Gasteiger partial charge in [0, 0.05) is 45.0 Å². The second-order valence-electron chi connectivity index (χ2n) is 9.39. The summed E-state index contributed by atoms with van der Waals surface area (Å²) in [7, 11) is 4.07. The molecule has 6 nitrogen and oxygen atoms in total. The standard InChI is InChI=1S/C28H34ClN5O/c1-20-7-4-5-10-26(20)33-11-13-34(14-12-33)27-17-24(29)23(16-25(27)30)28(35)31-18-21-8-6-9-22(15-21)19-32(2)3/h4-10,15-17H,11-14,18-19,30H2,1-3H3,(H,31,35). The van der Waals surface area contributed by atoms with Gasteiger partial charge in [0.2, 0.25) is 0 Å². The normalized spacial score (nSPS) is 13.9. The van der Waals surface area contributed by atoms with Gasteiger partial charge in [-0.1, -0.05) is 54.1 Å². The molecular formula is C28H34ClN5O. The predicted octanol–water partition coefficient (Wildman–Crippen LogP) is 4.55. The van der Waals surface area contributed by atoms with Gasteiger partial charge in [0.1, 0.15) is 0 Å². The molecule has 0 saturated carbocycles. The van der Waals surface area contributed by atoms with E-state index in [1.54, 1.807) is 6.07 Å². The van der Waals surface area contributed by atoms with E-state index >= 15 is 0 Å². The number of carbonyl (C=O) groups excluding carboxylic acids is 1. The molecule has 184 valence electrons. The Balaban J connectivity index is 1.40. The van der Waals surface area contributed by atoms with Crippen LogP contribution >= 0.6 is 11.6 Å². The smallest absolute Gasteiger partial charge is 0.253 e. The molecule has 0 spiro atoms. The van der Waals surface area contributed by atoms with E-state index in [1.807, 2.05) is 32.3 Å². The highest BCUT2D eigenvalue weighted by Gasteiger charge is 2.22. The fourth-order valence-electron chi connectivity index (χ4n) is 4.61. The van der Waals surface area contributed by atoms with E-state index in [0.29, 0.717) is 22.8 Å². The topological polar surface area (TPSA) is 64.8 Å². The molecule has 1 fully saturated rings. The highest BCUT2D eigenvalue weighted by atomic mass is 35.5. The summed E-state index contributed by atoms with van der Waals surface area (Å²) in [6.07, 6.45) is 0. The van der Waals surface area contributed by atoms with Gasteiger partial charge in [0.25, 0.3) is 5.91 Å². The minimum Gasteiger partial charge on any atom is -0.397 e. The molecule has 7 heteroatoms. The van der Waals surface area contributed by atoms with E-state index in [9.17, 15) is 4.79 Å². The van der Waals surface area contributed by atoms with Gasteiger partial charge in [-0.15, -0.1) is 0 Å². The monoisotopic (exact) mass is 491 g/mol. The number of nitrogens with two attached hydrogens (primary N) is 1. The Kier molecular flexibility index (Phi) is 7.83. The molecule has 0 bridgehead atoms. The number of rotatable bonds is 7. The quantitative estimate of drug-likeness (QED) is 0.475. The van der Waals surface area contributed by atoms with Crippen molar-refractivity contribution in [3.63, 3.8) is 0 Å². The van der Waals surface area contributed by atoms with E-state index < -0.39 is 0 Å². The van der Waals surface area contributed by atoms with Gasteiger partial charge < -0.3 is 25.8 Å². The number of aryl methyl sites for hydroxylation is 1. The second-order valence-corrected chi connectivity index (χ2v) is 9.80. The molecule has 35 heavy (non-hydrogen) atoms. The summed E-state index contributed by atoms with van der Waals surface area (Å²) in [6, 6.07) is 20.2. The van der Waals surface area contributed by atoms with Crippen LogP contribution in [0.25, 0.3) is 0 Å². The summed E-state index contributed by atoms with van der Waals surface area (Å²) in [4.78, 5) is 19.7. The van der Waals surface area contributed by atoms with Crippen LogP contribution in [0.1, 0.15) is 27.0 Å². The second kappa shape index (κ2) is 11.0. The molecule has 1 amide bonds. The summed E-state index contributed by atoms with van der Waals surface area (Å²) in [5.74, 6) is -0.226. The highest BCUT2D eigenvalue weighted by Crippen LogP contribution is 2.32. The molecule has 0 radical (unpaired) electrons. The molecule has 3 aromatic rings. The fourth-order valence-corrected chi connectivity index (χ4v) is 4.86. The Hall–Kier alpha value is -3.22. The zero-order valence-corrected chi connectivity index (χ0v) is 21.5. The van der Waals surface area contributed by atoms with E-state index in [-0.39, 0.29) is 5.91 Å². The first kappa shape index (κ1) is 24.9. The van der Waals surface area contributed by atoms with Crippen LogP contribution in [0.2, 0.25) is 5.02 Å². The first-order valence-corrected chi connectivity index (χ1v) is 12.3. The molecule has 3 N–H and O–H groups in total. The van der Waals surface area contributed by atoms with Gasteiger partial charge in [-0.2, -0.15) is 0 Å². The van der Waals surface area contributed by atoms with Crippen molar-refractivity contribution in [3.8, 4) is 0 Å². The molecule has 0 unspecified atom stereocenters. The van der Waals surface area contributed by atoms with Crippen molar-refractivity contribution in [1.29, 1.82) is 0 Å². The number of benzene rings is 3. The van der Waals surface area contributed by atoms with Crippen LogP contribution in [0, 0.1) is 6.92 Å². The number of hydrogen-bond donors (Lipinski definition) is 2. The third-order valence-corrected chi connectivity index (χ3v) is 6.69. The summed E-state index contributed by atoms with van der Waals surface area (Å²) in [5, 5.41) is 3.39. The lowest BCUT2D eigenvalue weighted by Gasteiger charge is -2.38. The molecule has 3 aromatic carbocycles. The molecule has 0 aliphatic carbocycles. The lowest BCUT2D eigenvalue weighted by molar-refractivity contribution is 0.0951. The van der Waals surface area contributed by atoms with E-state index in [0.717, 1.165) is 44.0 Å². The summed E-state index contributed by atoms with van der Waals surface area (Å²) in [5.41, 5.74) is 13.1. The molecule has 0 aromatic heterocycles. The molecule has 1 saturated heterocycles. The third-order valence-electron chi connectivity index (χ3n) is 6.38. The van der Waals surface area contributed by atoms with Gasteiger partial charge in [-0.05, 0) is 55.9 Å². The number of hydrogen-bond acceptors (Lipinski definition) is 5. The van der Waals surface area contributed by atoms with Gasteiger partial charge in [0.15, 0.2) is 0 Å². The molecule has 4 rings (SSSR count). The molecule has 1 heterocycles. The van der Waals surface area contributed by atoms with Crippen LogP contribution in [-0.4, -0.2) is 51.1 Å². The lowest BCUT2D eigenvalue weighted by atomic mass is 10.1. The average molecular weight is 492 g/mol. The lowest BCUT2D eigenvalue weighted by Crippen LogP contribution is -2.47. The van der Waals surface area contributed by atoms with Gasteiger partial charge in [-0.25, -0.2) is 0 Å². The van der Waals surface area contributed by atoms with Crippen molar-refractivity contribution >= 4 is 34.6 Å². The zero-order valence-electron chi connectivity index (χ0n) is 20.7. The van der Waals surface area contributed by atoms with E-state index in [2.05, 4.69) is 63.3 Å². The number of carbonyl (C=O) groups is 1. The zero-order chi connectivity index (χ0) is 24.9. The first-order chi connectivity index (χ1) is 16.8. The van der Waals surface area contributed by atoms with E-state index in [4.69, 9.17) is 17.3 Å². The van der Waals surface area contributed by atoms with Crippen LogP contribution in [0.3, 0.4) is 0 Å². The number of para-hydroxylation sites is 1. The Morgan fingerprint density at radius 3 is 2.29 bits per heavy atom. The van der Waals surface area contributed by atoms with Crippen LogP contribution in [-0.2, 0) is 13.1 Å². The number of amides is 1. The van der Waals surface area contributed by atoms with Crippen molar-refractivity contribution in [2.24, 2.45) is 0 Å². The van der Waals surface area contributed by atoms with Crippen LogP contribution < -0.4 is 20.9 Å². The maximum atomic E-state index is 12.9. The van der Waals surface area contributed by atoms with Crippen LogP contribution in [0.5, 0.6) is 0 Å². The molecule has 0 atom stereocenters. The number of piperazine rings is 1. The highest BCUT2D eigenvalue weighted by molar-refractivity contribution is 6.34. The minimum absolute atomic E-state index is 0.226. The van der Waals surface area contributed by atoms with Crippen molar-refractivity contribution in [2.45, 2.75) is 20.0 Å². The Bertz CT molecular complexity index is 1190. The maximum absolute atomic E-state index is 12.9. The largest absolute Gasteiger partial charge is 0.397 e. The number of nitrogens with one attached hydrogen (secondary N) is 1. The van der Waals surface area contributed by atoms with Crippen molar-refractivity contribution < 1.29 is 4.79 Å². The average Bonchev–Trinajstić information content (AvgIpc) is 2.84. The van der Waals surface area contributed by atoms with Crippen molar-refractivity contribution in [3.05, 3.63) is 87.9 Å². The molecule has 1 aliphatic rings. The third kappa shape index (κ3) is 6.08. The van der Waals surface area contributed by atoms with Crippen LogP contribution in [0.4, 0.5) is 17.1 Å². The number of nitrogen functional groups attached to an aromatic ring is 1. The number of anilines is 3. The number of halogens is 1. The Labute approximate surface area is 213 Å². The minimum atomic E-state index is -0.226. The van der Waals surface area contributed by atoms with Gasteiger partial charge in [0.05, 0.1) is 22.0 Å². The SMILES string of the molecule is Cc1ccccc1N1CCN(c2cc(Cl)c(C(=O)NCc3cccc(CN(C)C)c3)cc2N)CC1. The number of nitrogens with zero attached hydrogens (tertiary/aromatic N) is 3. The molecular weight excluding hydrogens is 458 g/mol. The molecule has 1 aliphatic heterocycles. The van der Waals surface area contributed by atoms with E-state index in [1.165, 1.54) is 16.8 Å². The summed E-state index contributed by atoms with van der Waals surface area (Å²) in [6.45, 7) is 6.90. The van der Waals surface area contributed by atoms with Crippen molar-refractivity contribution in [1.82, 2.24) is 10.2 Å². The first-order valence-electron chi connectivity index (χ1n) is 12.0. The maximum Gasteiger partial charge on any atom is 0.253 e. The summed E-state index contributed by atoms with van der Waals surface area (Å²) < 4.78 is 0. The fraction of sp³-hybridized carbons (Fsp3) is 0.321. The van der Waals surface area contributed by atoms with Crippen LogP contribution in [0.15, 0.2) is 60.7 Å². The van der Waals surface area contributed by atoms with Crippen molar-refractivity contribution in [2.75, 3.05) is 55.8 Å². The van der Waals surface area contributed by atoms with Gasteiger partial charge >= 0.3 is 0 Å². The predicted molar refractivity (Wildman–Crippen MR) is 146 cm³/mol. The van der Waals surface area contributed by atoms with Gasteiger partial charge in [-0.3, -0.25) is 4.79 Å². The summed E-state index contributed by atoms with van der Waals surface area (Å²) >= 11 is 6.57. The Morgan fingerprint density at radius 2 is 1.60 bits per heavy atom.